The van der Waals surface area contributed by atoms with Crippen LogP contribution in [0.15, 0.2) is 18.3 Å². The average molecular weight is 238 g/mol. The molecule has 2 rings (SSSR count). The van der Waals surface area contributed by atoms with E-state index in [-0.39, 0.29) is 5.82 Å². The Hall–Kier alpha value is -1.69. The predicted molar refractivity (Wildman–Crippen MR) is 67.3 cm³/mol. The molecule has 1 aromatic rings. The molecule has 6 heteroatoms. The summed E-state index contributed by atoms with van der Waals surface area (Å²) in [6.07, 6.45) is 1.56. The van der Waals surface area contributed by atoms with Crippen molar-refractivity contribution < 1.29 is 4.92 Å². The van der Waals surface area contributed by atoms with Crippen molar-refractivity contribution in [2.75, 3.05) is 31.1 Å². The molecule has 1 fully saturated rings. The zero-order chi connectivity index (χ0) is 12.7. The van der Waals surface area contributed by atoms with E-state index in [1.165, 1.54) is 6.07 Å². The molecule has 0 unspecified atom stereocenters. The molecule has 17 heavy (non-hydrogen) atoms. The molecule has 1 aliphatic rings. The van der Waals surface area contributed by atoms with Crippen LogP contribution in [0.2, 0.25) is 0 Å². The molecule has 1 aliphatic heterocycles. The Bertz CT molecular complexity index is 347. The molecular formula is C11H18N4O2. The van der Waals surface area contributed by atoms with Gasteiger partial charge >= 0.3 is 5.82 Å². The Balaban J connectivity index is 0.000000686. The molecule has 0 saturated carbocycles. The van der Waals surface area contributed by atoms with Crippen LogP contribution in [-0.2, 0) is 0 Å². The molecule has 2 heterocycles. The summed E-state index contributed by atoms with van der Waals surface area (Å²) in [6.45, 7) is 7.72. The molecule has 0 aliphatic carbocycles. The van der Waals surface area contributed by atoms with Crippen LogP contribution in [0.3, 0.4) is 0 Å². The fourth-order valence-corrected chi connectivity index (χ4v) is 1.60. The van der Waals surface area contributed by atoms with E-state index in [2.05, 4.69) is 15.2 Å². The van der Waals surface area contributed by atoms with E-state index in [9.17, 15) is 10.1 Å². The summed E-state index contributed by atoms with van der Waals surface area (Å²) in [5.74, 6) is -0.103. The fourth-order valence-electron chi connectivity index (χ4n) is 1.60. The van der Waals surface area contributed by atoms with Gasteiger partial charge in [-0.1, -0.05) is 13.8 Å². The summed E-state index contributed by atoms with van der Waals surface area (Å²) in [5, 5.41) is 13.7. The second-order valence-electron chi connectivity index (χ2n) is 3.37. The maximum atomic E-state index is 10.4. The van der Waals surface area contributed by atoms with E-state index in [1.54, 1.807) is 12.3 Å². The first-order valence-electron chi connectivity index (χ1n) is 5.83. The number of aromatic nitrogens is 1. The third kappa shape index (κ3) is 3.67. The second kappa shape index (κ2) is 6.80. The highest BCUT2D eigenvalue weighted by molar-refractivity contribution is 5.46. The Morgan fingerprint density at radius 2 is 2.00 bits per heavy atom. The van der Waals surface area contributed by atoms with Crippen molar-refractivity contribution in [3.63, 3.8) is 0 Å². The Labute approximate surface area is 101 Å². The SMILES string of the molecule is CC.O=[N+]([O-])c1ccc(N2CCNCC2)cn1. The van der Waals surface area contributed by atoms with E-state index >= 15 is 0 Å². The van der Waals surface area contributed by atoms with Gasteiger partial charge in [0.05, 0.1) is 5.69 Å². The van der Waals surface area contributed by atoms with Crippen LogP contribution in [0.25, 0.3) is 0 Å². The van der Waals surface area contributed by atoms with Crippen molar-refractivity contribution in [2.24, 2.45) is 0 Å². The van der Waals surface area contributed by atoms with Crippen molar-refractivity contribution in [1.82, 2.24) is 10.3 Å². The first kappa shape index (κ1) is 13.4. The molecule has 1 aromatic heterocycles. The maximum absolute atomic E-state index is 10.4. The number of piperazine rings is 1. The van der Waals surface area contributed by atoms with E-state index in [0.29, 0.717) is 0 Å². The van der Waals surface area contributed by atoms with Crippen LogP contribution in [0, 0.1) is 10.1 Å². The fraction of sp³-hybridized carbons (Fsp3) is 0.545. The predicted octanol–water partition coefficient (Wildman–Crippen LogP) is 1.43. The van der Waals surface area contributed by atoms with Crippen LogP contribution >= 0.6 is 0 Å². The highest BCUT2D eigenvalue weighted by Crippen LogP contribution is 2.16. The molecule has 0 bridgehead atoms. The molecule has 0 aromatic carbocycles. The third-order valence-electron chi connectivity index (χ3n) is 2.40. The van der Waals surface area contributed by atoms with Crippen molar-refractivity contribution in [3.8, 4) is 0 Å². The van der Waals surface area contributed by atoms with Gasteiger partial charge < -0.3 is 20.3 Å². The first-order chi connectivity index (χ1) is 8.27. The minimum atomic E-state index is -0.485. The van der Waals surface area contributed by atoms with Crippen molar-refractivity contribution in [2.45, 2.75) is 13.8 Å². The van der Waals surface area contributed by atoms with Gasteiger partial charge in [0.25, 0.3) is 0 Å². The number of nitrogens with one attached hydrogen (secondary N) is 1. The molecule has 1 saturated heterocycles. The lowest BCUT2D eigenvalue weighted by atomic mass is 10.3. The minimum Gasteiger partial charge on any atom is -0.366 e. The first-order valence-corrected chi connectivity index (χ1v) is 5.83. The number of rotatable bonds is 2. The third-order valence-corrected chi connectivity index (χ3v) is 2.40. The van der Waals surface area contributed by atoms with Crippen LogP contribution in [0.5, 0.6) is 0 Å². The summed E-state index contributed by atoms with van der Waals surface area (Å²) in [7, 11) is 0. The summed E-state index contributed by atoms with van der Waals surface area (Å²) >= 11 is 0. The quantitative estimate of drug-likeness (QED) is 0.623. The molecular weight excluding hydrogens is 220 g/mol. The van der Waals surface area contributed by atoms with E-state index in [1.807, 2.05) is 13.8 Å². The van der Waals surface area contributed by atoms with Crippen LogP contribution in [0.4, 0.5) is 11.5 Å². The standard InChI is InChI=1S/C9H12N4O2.C2H6/c14-13(15)9-2-1-8(7-11-9)12-5-3-10-4-6-12;1-2/h1-2,7,10H,3-6H2;1-2H3. The van der Waals surface area contributed by atoms with Gasteiger partial charge in [0.15, 0.2) is 6.20 Å². The molecule has 0 amide bonds. The number of nitro groups is 1. The highest BCUT2D eigenvalue weighted by Gasteiger charge is 2.13. The molecule has 0 radical (unpaired) electrons. The normalized spacial score (nSPS) is 14.8. The molecule has 6 nitrogen and oxygen atoms in total. The lowest BCUT2D eigenvalue weighted by Gasteiger charge is -2.28. The Morgan fingerprint density at radius 1 is 1.35 bits per heavy atom. The van der Waals surface area contributed by atoms with Gasteiger partial charge in [-0.3, -0.25) is 0 Å². The monoisotopic (exact) mass is 238 g/mol. The van der Waals surface area contributed by atoms with Gasteiger partial charge in [0.1, 0.15) is 0 Å². The van der Waals surface area contributed by atoms with Gasteiger partial charge in [0, 0.05) is 32.2 Å². The van der Waals surface area contributed by atoms with Crippen LogP contribution < -0.4 is 10.2 Å². The molecule has 1 N–H and O–H groups in total. The van der Waals surface area contributed by atoms with Gasteiger partial charge in [-0.2, -0.15) is 0 Å². The summed E-state index contributed by atoms with van der Waals surface area (Å²) in [5.41, 5.74) is 0.946. The van der Waals surface area contributed by atoms with Gasteiger partial charge in [0.2, 0.25) is 0 Å². The number of hydrogen-bond acceptors (Lipinski definition) is 5. The summed E-state index contributed by atoms with van der Waals surface area (Å²) < 4.78 is 0. The number of hydrogen-bond donors (Lipinski definition) is 1. The van der Waals surface area contributed by atoms with E-state index < -0.39 is 4.92 Å². The van der Waals surface area contributed by atoms with Gasteiger partial charge in [-0.05, 0) is 16.0 Å². The van der Waals surface area contributed by atoms with Crippen molar-refractivity contribution in [3.05, 3.63) is 28.4 Å². The van der Waals surface area contributed by atoms with Crippen LogP contribution in [0.1, 0.15) is 13.8 Å². The number of nitrogens with zero attached hydrogens (tertiary/aromatic N) is 3. The molecule has 0 spiro atoms. The number of anilines is 1. The average Bonchev–Trinajstić information content (AvgIpc) is 2.42. The smallest absolute Gasteiger partial charge is 0.363 e. The Morgan fingerprint density at radius 3 is 2.47 bits per heavy atom. The molecule has 94 valence electrons. The van der Waals surface area contributed by atoms with Crippen molar-refractivity contribution in [1.29, 1.82) is 0 Å². The summed E-state index contributed by atoms with van der Waals surface area (Å²) in [6, 6.07) is 3.19. The van der Waals surface area contributed by atoms with E-state index in [4.69, 9.17) is 0 Å². The summed E-state index contributed by atoms with van der Waals surface area (Å²) in [4.78, 5) is 15.9. The Kier molecular flexibility index (Phi) is 5.35. The lowest BCUT2D eigenvalue weighted by molar-refractivity contribution is -0.389. The lowest BCUT2D eigenvalue weighted by Crippen LogP contribution is -2.43. The largest absolute Gasteiger partial charge is 0.366 e. The second-order valence-corrected chi connectivity index (χ2v) is 3.37. The maximum Gasteiger partial charge on any atom is 0.363 e. The molecule has 0 atom stereocenters. The van der Waals surface area contributed by atoms with Crippen molar-refractivity contribution >= 4 is 11.5 Å². The van der Waals surface area contributed by atoms with E-state index in [0.717, 1.165) is 31.9 Å². The zero-order valence-electron chi connectivity index (χ0n) is 10.2. The van der Waals surface area contributed by atoms with Gasteiger partial charge in [-0.15, -0.1) is 0 Å². The van der Waals surface area contributed by atoms with Gasteiger partial charge in [-0.25, -0.2) is 0 Å². The minimum absolute atomic E-state index is 0.103. The highest BCUT2D eigenvalue weighted by atomic mass is 16.6. The topological polar surface area (TPSA) is 71.3 Å². The number of pyridine rings is 1. The van der Waals surface area contributed by atoms with Crippen LogP contribution in [-0.4, -0.2) is 36.1 Å². The zero-order valence-corrected chi connectivity index (χ0v) is 10.2.